The van der Waals surface area contributed by atoms with E-state index in [9.17, 15) is 0 Å². The van der Waals surface area contributed by atoms with E-state index in [1.807, 2.05) is 6.07 Å². The lowest BCUT2D eigenvalue weighted by Crippen LogP contribution is -2.37. The molecule has 1 N–H and O–H groups in total. The molecule has 0 unspecified atom stereocenters. The fourth-order valence-electron chi connectivity index (χ4n) is 2.47. The fraction of sp³-hybridized carbons (Fsp3) is 0.286. The van der Waals surface area contributed by atoms with E-state index < -0.39 is 0 Å². The van der Waals surface area contributed by atoms with Gasteiger partial charge < -0.3 is 9.64 Å². The number of morpholine rings is 1. The predicted octanol–water partition coefficient (Wildman–Crippen LogP) is 2.01. The van der Waals surface area contributed by atoms with Crippen molar-refractivity contribution in [3.63, 3.8) is 0 Å². The molecule has 1 aliphatic heterocycles. The summed E-state index contributed by atoms with van der Waals surface area (Å²) in [6.45, 7) is 3.08. The van der Waals surface area contributed by atoms with Crippen molar-refractivity contribution >= 4 is 32.9 Å². The van der Waals surface area contributed by atoms with Crippen LogP contribution in [0.5, 0.6) is 0 Å². The monoisotopic (exact) mass is 360 g/mol. The summed E-state index contributed by atoms with van der Waals surface area (Å²) >= 11 is 3.43. The Labute approximate surface area is 134 Å². The van der Waals surface area contributed by atoms with E-state index in [2.05, 4.69) is 46.0 Å². The van der Waals surface area contributed by atoms with E-state index in [0.29, 0.717) is 0 Å². The zero-order chi connectivity index (χ0) is 14.9. The first kappa shape index (κ1) is 13.6. The second-order valence-electron chi connectivity index (χ2n) is 4.99. The quantitative estimate of drug-likeness (QED) is 0.752. The van der Waals surface area contributed by atoms with Gasteiger partial charge in [-0.25, -0.2) is 15.0 Å². The smallest absolute Gasteiger partial charge is 0.225 e. The minimum atomic E-state index is 0.717. The van der Waals surface area contributed by atoms with Gasteiger partial charge in [-0.2, -0.15) is 5.10 Å². The highest BCUT2D eigenvalue weighted by Crippen LogP contribution is 2.26. The van der Waals surface area contributed by atoms with Crippen LogP contribution in [0.2, 0.25) is 0 Å². The average molecular weight is 361 g/mol. The van der Waals surface area contributed by atoms with Gasteiger partial charge >= 0.3 is 0 Å². The Morgan fingerprint density at radius 3 is 2.64 bits per heavy atom. The first-order chi connectivity index (χ1) is 10.8. The second-order valence-corrected chi connectivity index (χ2v) is 5.91. The van der Waals surface area contributed by atoms with Crippen LogP contribution in [0, 0.1) is 0 Å². The van der Waals surface area contributed by atoms with Crippen molar-refractivity contribution in [3.8, 4) is 11.3 Å². The molecule has 1 fully saturated rings. The second kappa shape index (κ2) is 5.62. The number of rotatable bonds is 2. The summed E-state index contributed by atoms with van der Waals surface area (Å²) in [5.41, 5.74) is 2.41. The van der Waals surface area contributed by atoms with Crippen LogP contribution in [0.3, 0.4) is 0 Å². The number of hydrogen-bond donors (Lipinski definition) is 1. The zero-order valence-corrected chi connectivity index (χ0v) is 13.2. The zero-order valence-electron chi connectivity index (χ0n) is 11.7. The molecule has 4 heterocycles. The van der Waals surface area contributed by atoms with Gasteiger partial charge in [0.05, 0.1) is 13.2 Å². The Kier molecular flexibility index (Phi) is 3.47. The number of aromatic nitrogens is 5. The van der Waals surface area contributed by atoms with E-state index in [-0.39, 0.29) is 0 Å². The third-order valence-corrected chi connectivity index (χ3v) is 4.02. The Morgan fingerprint density at radius 1 is 1.09 bits per heavy atom. The number of H-pyrrole nitrogens is 1. The lowest BCUT2D eigenvalue weighted by atomic mass is 10.2. The van der Waals surface area contributed by atoms with Gasteiger partial charge in [-0.15, -0.1) is 0 Å². The molecule has 3 aromatic rings. The number of pyridine rings is 1. The number of anilines is 1. The van der Waals surface area contributed by atoms with Crippen LogP contribution in [-0.4, -0.2) is 51.5 Å². The van der Waals surface area contributed by atoms with Crippen LogP contribution in [0.15, 0.2) is 29.1 Å². The first-order valence-corrected chi connectivity index (χ1v) is 7.75. The van der Waals surface area contributed by atoms with E-state index in [1.54, 1.807) is 18.6 Å². The highest BCUT2D eigenvalue weighted by Gasteiger charge is 2.15. The fourth-order valence-corrected chi connectivity index (χ4v) is 2.80. The van der Waals surface area contributed by atoms with Crippen molar-refractivity contribution in [2.75, 3.05) is 31.2 Å². The summed E-state index contributed by atoms with van der Waals surface area (Å²) < 4.78 is 6.25. The number of nitrogens with zero attached hydrogens (tertiary/aromatic N) is 5. The van der Waals surface area contributed by atoms with Gasteiger partial charge in [0.2, 0.25) is 5.95 Å². The molecule has 112 valence electrons. The summed E-state index contributed by atoms with van der Waals surface area (Å²) in [7, 11) is 0. The maximum atomic E-state index is 5.34. The molecule has 0 bridgehead atoms. The van der Waals surface area contributed by atoms with Crippen LogP contribution in [0.4, 0.5) is 5.95 Å². The average Bonchev–Trinajstić information content (AvgIpc) is 2.99. The van der Waals surface area contributed by atoms with Gasteiger partial charge in [0.25, 0.3) is 0 Å². The van der Waals surface area contributed by atoms with Crippen molar-refractivity contribution in [2.24, 2.45) is 0 Å². The number of nitrogens with one attached hydrogen (secondary N) is 1. The van der Waals surface area contributed by atoms with E-state index in [1.165, 1.54) is 0 Å². The summed E-state index contributed by atoms with van der Waals surface area (Å²) in [5.74, 6) is 0.728. The van der Waals surface area contributed by atoms with Crippen molar-refractivity contribution in [1.82, 2.24) is 25.1 Å². The third-order valence-electron chi connectivity index (χ3n) is 3.59. The summed E-state index contributed by atoms with van der Waals surface area (Å²) in [6, 6.07) is 1.98. The van der Waals surface area contributed by atoms with Crippen LogP contribution < -0.4 is 4.90 Å². The Balaban J connectivity index is 1.68. The highest BCUT2D eigenvalue weighted by atomic mass is 79.9. The molecule has 0 atom stereocenters. The molecule has 3 aromatic heterocycles. The maximum absolute atomic E-state index is 5.34. The summed E-state index contributed by atoms with van der Waals surface area (Å²) in [6.07, 6.45) is 5.34. The number of hydrogen-bond acceptors (Lipinski definition) is 6. The number of halogens is 1. The van der Waals surface area contributed by atoms with Crippen LogP contribution >= 0.6 is 15.9 Å². The molecule has 7 nitrogen and oxygen atoms in total. The van der Waals surface area contributed by atoms with Gasteiger partial charge in [-0.1, -0.05) is 0 Å². The van der Waals surface area contributed by atoms with Gasteiger partial charge in [-0.3, -0.25) is 5.10 Å². The third kappa shape index (κ3) is 2.44. The Morgan fingerprint density at radius 2 is 1.86 bits per heavy atom. The predicted molar refractivity (Wildman–Crippen MR) is 85.6 cm³/mol. The molecule has 0 radical (unpaired) electrons. The largest absolute Gasteiger partial charge is 0.378 e. The standard InChI is InChI=1S/C14H13BrN6O/c15-10-5-11-12(19-20-13(11)16-8-10)9-6-17-14(18-7-9)21-1-3-22-4-2-21/h5-8H,1-4H2,(H,16,19,20). The summed E-state index contributed by atoms with van der Waals surface area (Å²) in [5, 5.41) is 8.20. The van der Waals surface area contributed by atoms with Gasteiger partial charge in [0.1, 0.15) is 5.69 Å². The van der Waals surface area contributed by atoms with Crippen molar-refractivity contribution in [2.45, 2.75) is 0 Å². The van der Waals surface area contributed by atoms with E-state index in [0.717, 1.165) is 59.0 Å². The minimum absolute atomic E-state index is 0.717. The molecule has 8 heteroatoms. The lowest BCUT2D eigenvalue weighted by molar-refractivity contribution is 0.122. The Hall–Kier alpha value is -2.06. The molecule has 0 saturated carbocycles. The van der Waals surface area contributed by atoms with Crippen molar-refractivity contribution < 1.29 is 4.74 Å². The topological polar surface area (TPSA) is 79.8 Å². The number of ether oxygens (including phenoxy) is 1. The number of fused-ring (bicyclic) bond motifs is 1. The van der Waals surface area contributed by atoms with E-state index >= 15 is 0 Å². The number of aromatic amines is 1. The molecule has 1 aliphatic rings. The van der Waals surface area contributed by atoms with Crippen LogP contribution in [0.1, 0.15) is 0 Å². The molecular weight excluding hydrogens is 348 g/mol. The summed E-state index contributed by atoms with van der Waals surface area (Å²) in [4.78, 5) is 15.3. The van der Waals surface area contributed by atoms with Crippen LogP contribution in [-0.2, 0) is 4.74 Å². The first-order valence-electron chi connectivity index (χ1n) is 6.96. The van der Waals surface area contributed by atoms with Gasteiger partial charge in [0, 0.05) is 47.1 Å². The molecule has 22 heavy (non-hydrogen) atoms. The molecule has 0 spiro atoms. The molecular formula is C14H13BrN6O. The van der Waals surface area contributed by atoms with Gasteiger partial charge in [-0.05, 0) is 22.0 Å². The van der Waals surface area contributed by atoms with Crippen molar-refractivity contribution in [3.05, 3.63) is 29.1 Å². The van der Waals surface area contributed by atoms with Gasteiger partial charge in [0.15, 0.2) is 5.65 Å². The SMILES string of the molecule is Brc1cnc2[nH]nc(-c3cnc(N4CCOCC4)nc3)c2c1. The Bertz CT molecular complexity index is 797. The molecule has 0 amide bonds. The highest BCUT2D eigenvalue weighted by molar-refractivity contribution is 9.10. The maximum Gasteiger partial charge on any atom is 0.225 e. The van der Waals surface area contributed by atoms with E-state index in [4.69, 9.17) is 4.74 Å². The molecule has 0 aliphatic carbocycles. The normalized spacial score (nSPS) is 15.4. The minimum Gasteiger partial charge on any atom is -0.378 e. The lowest BCUT2D eigenvalue weighted by Gasteiger charge is -2.26. The molecule has 1 saturated heterocycles. The molecule has 4 rings (SSSR count). The van der Waals surface area contributed by atoms with Crippen LogP contribution in [0.25, 0.3) is 22.3 Å². The van der Waals surface area contributed by atoms with Crippen molar-refractivity contribution in [1.29, 1.82) is 0 Å². The molecule has 0 aromatic carbocycles.